The average molecular weight is 550 g/mol. The molecule has 0 N–H and O–H groups in total. The summed E-state index contributed by atoms with van der Waals surface area (Å²) in [6.45, 7) is 9.39. The lowest BCUT2D eigenvalue weighted by Gasteiger charge is -2.23. The second-order valence-corrected chi connectivity index (χ2v) is 13.6. The van der Waals surface area contributed by atoms with Crippen LogP contribution in [-0.2, 0) is 10.8 Å². The standard InChI is InChI=1S/C42H31N/c1-41(2)35-17-15-25-10-8-9-13-27(25)40(35)34-20-33-30(22-38(34)41)29-21-37-31(19-32(29)39(33)26-11-6-5-7-12-26)28-16-14-24(23-43)18-36(28)42(37,3)4/h5-22,39H,1-4H3. The van der Waals surface area contributed by atoms with E-state index in [2.05, 4.69) is 137 Å². The molecular formula is C42H31N. The fourth-order valence-corrected chi connectivity index (χ4v) is 8.55. The van der Waals surface area contributed by atoms with Gasteiger partial charge in [-0.2, -0.15) is 5.26 Å². The summed E-state index contributed by atoms with van der Waals surface area (Å²) in [5.74, 6) is 0.162. The number of fused-ring (bicyclic) bond motifs is 11. The highest BCUT2D eigenvalue weighted by molar-refractivity contribution is 6.04. The fourth-order valence-electron chi connectivity index (χ4n) is 8.55. The first kappa shape index (κ1) is 24.6. The molecule has 9 rings (SSSR count). The van der Waals surface area contributed by atoms with Crippen molar-refractivity contribution in [2.24, 2.45) is 0 Å². The summed E-state index contributed by atoms with van der Waals surface area (Å²) in [6.07, 6.45) is 0. The molecule has 1 atom stereocenters. The molecule has 0 spiro atoms. The molecule has 204 valence electrons. The molecule has 0 aromatic heterocycles. The Bertz CT molecular complexity index is 2240. The van der Waals surface area contributed by atoms with Gasteiger partial charge in [0, 0.05) is 16.7 Å². The van der Waals surface area contributed by atoms with Crippen molar-refractivity contribution < 1.29 is 0 Å². The molecule has 43 heavy (non-hydrogen) atoms. The average Bonchev–Trinajstić information content (AvgIpc) is 3.55. The van der Waals surface area contributed by atoms with Crippen LogP contribution in [0.1, 0.15) is 78.1 Å². The lowest BCUT2D eigenvalue weighted by atomic mass is 9.80. The van der Waals surface area contributed by atoms with Crippen LogP contribution in [0.15, 0.2) is 109 Å². The Kier molecular flexibility index (Phi) is 4.65. The predicted molar refractivity (Wildman–Crippen MR) is 177 cm³/mol. The number of nitrogens with zero attached hydrogens (tertiary/aromatic N) is 1. The minimum absolute atomic E-state index is 0.0886. The van der Waals surface area contributed by atoms with Gasteiger partial charge in [0.15, 0.2) is 0 Å². The molecule has 0 aliphatic heterocycles. The maximum Gasteiger partial charge on any atom is 0.0991 e. The van der Waals surface area contributed by atoms with E-state index in [-0.39, 0.29) is 16.7 Å². The summed E-state index contributed by atoms with van der Waals surface area (Å²) in [6, 6.07) is 43.1. The van der Waals surface area contributed by atoms with Crippen molar-refractivity contribution in [3.63, 3.8) is 0 Å². The van der Waals surface area contributed by atoms with Crippen molar-refractivity contribution in [3.8, 4) is 39.4 Å². The van der Waals surface area contributed by atoms with Gasteiger partial charge in [-0.1, -0.05) is 100 Å². The fraction of sp³-hybridized carbons (Fsp3) is 0.167. The zero-order valence-electron chi connectivity index (χ0n) is 24.9. The Morgan fingerprint density at radius 1 is 0.535 bits per heavy atom. The molecule has 1 nitrogen and oxygen atoms in total. The predicted octanol–water partition coefficient (Wildman–Crippen LogP) is 10.5. The van der Waals surface area contributed by atoms with Gasteiger partial charge < -0.3 is 0 Å². The van der Waals surface area contributed by atoms with Crippen molar-refractivity contribution in [2.45, 2.75) is 44.4 Å². The molecule has 0 fully saturated rings. The molecule has 6 aromatic rings. The van der Waals surface area contributed by atoms with Crippen LogP contribution in [0.25, 0.3) is 44.2 Å². The summed E-state index contributed by atoms with van der Waals surface area (Å²) in [4.78, 5) is 0. The summed E-state index contributed by atoms with van der Waals surface area (Å²) >= 11 is 0. The molecule has 0 bridgehead atoms. The smallest absolute Gasteiger partial charge is 0.0991 e. The van der Waals surface area contributed by atoms with Crippen molar-refractivity contribution in [2.75, 3.05) is 0 Å². The minimum atomic E-state index is -0.178. The van der Waals surface area contributed by atoms with Gasteiger partial charge in [0.2, 0.25) is 0 Å². The Morgan fingerprint density at radius 2 is 1.16 bits per heavy atom. The Hall–Kier alpha value is -4.93. The molecule has 0 heterocycles. The second-order valence-electron chi connectivity index (χ2n) is 13.6. The number of hydrogen-bond acceptors (Lipinski definition) is 1. The zero-order chi connectivity index (χ0) is 29.2. The lowest BCUT2D eigenvalue weighted by molar-refractivity contribution is 0.659. The van der Waals surface area contributed by atoms with Crippen LogP contribution in [0.5, 0.6) is 0 Å². The summed E-state index contributed by atoms with van der Waals surface area (Å²) in [5.41, 5.74) is 18.1. The SMILES string of the molecule is CC1(C)c2cc(C#N)ccc2-c2cc3c(cc21)-c1cc2c(cc1C3c1ccccc1)-c1c(ccc3ccccc13)C2(C)C. The van der Waals surface area contributed by atoms with E-state index in [1.807, 2.05) is 6.07 Å². The van der Waals surface area contributed by atoms with E-state index < -0.39 is 0 Å². The van der Waals surface area contributed by atoms with Gasteiger partial charge in [-0.3, -0.25) is 0 Å². The van der Waals surface area contributed by atoms with Gasteiger partial charge in [-0.25, -0.2) is 0 Å². The second kappa shape index (κ2) is 8.12. The molecule has 1 heteroatoms. The molecule has 6 aromatic carbocycles. The van der Waals surface area contributed by atoms with Crippen LogP contribution in [0.3, 0.4) is 0 Å². The van der Waals surface area contributed by atoms with E-state index in [1.54, 1.807) is 0 Å². The van der Waals surface area contributed by atoms with E-state index in [1.165, 1.54) is 83.1 Å². The Labute approximate surface area is 253 Å². The van der Waals surface area contributed by atoms with E-state index in [0.29, 0.717) is 0 Å². The van der Waals surface area contributed by atoms with Gasteiger partial charge in [-0.15, -0.1) is 0 Å². The third-order valence-electron chi connectivity index (χ3n) is 10.8. The Morgan fingerprint density at radius 3 is 1.91 bits per heavy atom. The number of rotatable bonds is 1. The first-order valence-corrected chi connectivity index (χ1v) is 15.3. The van der Waals surface area contributed by atoms with Crippen molar-refractivity contribution in [1.82, 2.24) is 0 Å². The maximum absolute atomic E-state index is 9.65. The van der Waals surface area contributed by atoms with Crippen LogP contribution in [0.2, 0.25) is 0 Å². The van der Waals surface area contributed by atoms with Gasteiger partial charge in [-0.05, 0) is 119 Å². The molecule has 0 amide bonds. The monoisotopic (exact) mass is 549 g/mol. The largest absolute Gasteiger partial charge is 0.192 e. The quantitative estimate of drug-likeness (QED) is 0.200. The van der Waals surface area contributed by atoms with Gasteiger partial charge >= 0.3 is 0 Å². The molecule has 0 saturated heterocycles. The van der Waals surface area contributed by atoms with E-state index >= 15 is 0 Å². The third-order valence-corrected chi connectivity index (χ3v) is 10.8. The van der Waals surface area contributed by atoms with E-state index in [4.69, 9.17) is 0 Å². The van der Waals surface area contributed by atoms with Crippen LogP contribution < -0.4 is 0 Å². The molecule has 3 aliphatic carbocycles. The lowest BCUT2D eigenvalue weighted by Crippen LogP contribution is -2.15. The van der Waals surface area contributed by atoms with Gasteiger partial charge in [0.1, 0.15) is 0 Å². The maximum atomic E-state index is 9.65. The van der Waals surface area contributed by atoms with Gasteiger partial charge in [0.05, 0.1) is 11.6 Å². The Balaban J connectivity index is 1.34. The van der Waals surface area contributed by atoms with Crippen LogP contribution >= 0.6 is 0 Å². The first-order valence-electron chi connectivity index (χ1n) is 15.3. The molecular weight excluding hydrogens is 518 g/mol. The van der Waals surface area contributed by atoms with E-state index in [9.17, 15) is 5.26 Å². The van der Waals surface area contributed by atoms with Crippen molar-refractivity contribution in [3.05, 3.63) is 154 Å². The highest BCUT2D eigenvalue weighted by Gasteiger charge is 2.42. The molecule has 3 aliphatic rings. The highest BCUT2D eigenvalue weighted by Crippen LogP contribution is 2.59. The number of benzene rings is 6. The molecule has 0 saturated carbocycles. The van der Waals surface area contributed by atoms with Crippen LogP contribution in [0, 0.1) is 11.3 Å². The van der Waals surface area contributed by atoms with Crippen molar-refractivity contribution in [1.29, 1.82) is 5.26 Å². The normalized spacial score (nSPS) is 17.4. The van der Waals surface area contributed by atoms with Crippen LogP contribution in [0.4, 0.5) is 0 Å². The number of nitriles is 1. The summed E-state index contributed by atoms with van der Waals surface area (Å²) in [7, 11) is 0. The molecule has 1 unspecified atom stereocenters. The zero-order valence-corrected chi connectivity index (χ0v) is 24.9. The third kappa shape index (κ3) is 3.06. The topological polar surface area (TPSA) is 23.8 Å². The van der Waals surface area contributed by atoms with Crippen molar-refractivity contribution >= 4 is 10.8 Å². The minimum Gasteiger partial charge on any atom is -0.192 e. The van der Waals surface area contributed by atoms with Gasteiger partial charge in [0.25, 0.3) is 0 Å². The summed E-state index contributed by atoms with van der Waals surface area (Å²) in [5, 5.41) is 12.3. The van der Waals surface area contributed by atoms with Crippen LogP contribution in [-0.4, -0.2) is 0 Å². The van der Waals surface area contributed by atoms with E-state index in [0.717, 1.165) is 5.56 Å². The number of hydrogen-bond donors (Lipinski definition) is 0. The summed E-state index contributed by atoms with van der Waals surface area (Å²) < 4.78 is 0. The highest BCUT2D eigenvalue weighted by atomic mass is 14.5. The first-order chi connectivity index (χ1) is 20.8. The molecule has 0 radical (unpaired) electrons.